The van der Waals surface area contributed by atoms with Gasteiger partial charge < -0.3 is 5.11 Å². The summed E-state index contributed by atoms with van der Waals surface area (Å²) in [7, 11) is 0. The van der Waals surface area contributed by atoms with Crippen molar-refractivity contribution in [2.45, 2.75) is 112 Å². The second kappa shape index (κ2) is 9.58. The van der Waals surface area contributed by atoms with Crippen LogP contribution in [-0.4, -0.2) is 17.7 Å². The van der Waals surface area contributed by atoms with Crippen LogP contribution < -0.4 is 0 Å². The lowest BCUT2D eigenvalue weighted by molar-refractivity contribution is -0.0893. The monoisotopic (exact) mass is 442 g/mol. The van der Waals surface area contributed by atoms with E-state index in [1.807, 2.05) is 0 Å². The number of aliphatic hydroxyl groups excluding tert-OH is 1. The number of aliphatic hydroxyl groups is 1. The highest BCUT2D eigenvalue weighted by Gasteiger charge is 2.61. The Morgan fingerprint density at radius 1 is 0.938 bits per heavy atom. The summed E-state index contributed by atoms with van der Waals surface area (Å²) < 4.78 is 0. The third-order valence-corrected chi connectivity index (χ3v) is 11.8. The van der Waals surface area contributed by atoms with Crippen LogP contribution in [0.3, 0.4) is 0 Å². The average molecular weight is 443 g/mol. The fourth-order valence-electron chi connectivity index (χ4n) is 9.76. The van der Waals surface area contributed by atoms with Gasteiger partial charge in [0, 0.05) is 12.2 Å². The van der Waals surface area contributed by atoms with Gasteiger partial charge in [0.1, 0.15) is 5.94 Å². The van der Waals surface area contributed by atoms with Crippen LogP contribution in [0.5, 0.6) is 0 Å². The molecule has 0 aromatic rings. The van der Waals surface area contributed by atoms with E-state index < -0.39 is 0 Å². The molecule has 0 heterocycles. The van der Waals surface area contributed by atoms with Crippen LogP contribution in [0.4, 0.5) is 0 Å². The minimum absolute atomic E-state index is 0.323. The Bertz CT molecular complexity index is 706. The van der Waals surface area contributed by atoms with Gasteiger partial charge in [-0.1, -0.05) is 53.9 Å². The van der Waals surface area contributed by atoms with Crippen LogP contribution in [0.2, 0.25) is 0 Å². The minimum atomic E-state index is 0.323. The second-order valence-electron chi connectivity index (χ2n) is 13.3. The summed E-state index contributed by atoms with van der Waals surface area (Å²) >= 11 is 0. The molecular formula is C30H50O2. The third-order valence-electron chi connectivity index (χ3n) is 11.8. The summed E-state index contributed by atoms with van der Waals surface area (Å²) in [6.45, 7) is 12.7. The van der Waals surface area contributed by atoms with Gasteiger partial charge in [-0.05, 0) is 116 Å². The van der Waals surface area contributed by atoms with E-state index in [9.17, 15) is 9.90 Å². The lowest BCUT2D eigenvalue weighted by atomic mass is 9.43. The zero-order valence-corrected chi connectivity index (χ0v) is 21.7. The number of hydrogen-bond acceptors (Lipinski definition) is 2. The first-order chi connectivity index (χ1) is 15.3. The molecule has 0 aromatic heterocycles. The topological polar surface area (TPSA) is 37.3 Å². The van der Waals surface area contributed by atoms with Crippen LogP contribution in [0.25, 0.3) is 0 Å². The maximum Gasteiger partial charge on any atom is 0.123 e. The zero-order valence-electron chi connectivity index (χ0n) is 21.7. The number of allylic oxidation sites excluding steroid dienone is 1. The van der Waals surface area contributed by atoms with E-state index in [1.54, 1.807) is 0 Å². The van der Waals surface area contributed by atoms with Gasteiger partial charge in [0.2, 0.25) is 0 Å². The zero-order chi connectivity index (χ0) is 23.1. The van der Waals surface area contributed by atoms with E-state index in [4.69, 9.17) is 0 Å². The summed E-state index contributed by atoms with van der Waals surface area (Å²) in [5.41, 5.74) is 2.04. The molecular weight excluding hydrogens is 392 g/mol. The summed E-state index contributed by atoms with van der Waals surface area (Å²) in [4.78, 5) is 12.2. The van der Waals surface area contributed by atoms with Crippen molar-refractivity contribution >= 4 is 5.94 Å². The standard InChI is InChI=1S/C30H50O2/c1-20(2)22(14-17-31)10-9-21(3)25-11-12-26-28-23(19-32)18-24-8-6-7-15-29(24,4)27(28)13-16-30(25,26)5/h20-22,24-28,31H,6-18H2,1-5H3/t21-,22+,24?,25-,26+,27+,28+,29+,30-/m1/s1. The third kappa shape index (κ3) is 4.07. The Morgan fingerprint density at radius 2 is 1.69 bits per heavy atom. The van der Waals surface area contributed by atoms with E-state index in [1.165, 1.54) is 69.8 Å². The van der Waals surface area contributed by atoms with Crippen molar-refractivity contribution in [1.29, 1.82) is 0 Å². The average Bonchev–Trinajstić information content (AvgIpc) is 3.12. The fourth-order valence-corrected chi connectivity index (χ4v) is 9.76. The first-order valence-corrected chi connectivity index (χ1v) is 14.1. The van der Waals surface area contributed by atoms with Crippen LogP contribution in [0, 0.1) is 58.2 Å². The lowest BCUT2D eigenvalue weighted by Gasteiger charge is -2.60. The minimum Gasteiger partial charge on any atom is -0.396 e. The molecule has 9 atom stereocenters. The van der Waals surface area contributed by atoms with Crippen LogP contribution in [-0.2, 0) is 4.79 Å². The highest BCUT2D eigenvalue weighted by atomic mass is 16.3. The second-order valence-corrected chi connectivity index (χ2v) is 13.3. The Balaban J connectivity index is 1.52. The lowest BCUT2D eigenvalue weighted by Crippen LogP contribution is -2.54. The molecule has 1 N–H and O–H groups in total. The van der Waals surface area contributed by atoms with Crippen molar-refractivity contribution in [1.82, 2.24) is 0 Å². The van der Waals surface area contributed by atoms with E-state index in [2.05, 4.69) is 40.6 Å². The molecule has 4 saturated carbocycles. The molecule has 0 bridgehead atoms. The van der Waals surface area contributed by atoms with Crippen molar-refractivity contribution in [2.75, 3.05) is 6.61 Å². The predicted octanol–water partition coefficient (Wildman–Crippen LogP) is 7.47. The van der Waals surface area contributed by atoms with Gasteiger partial charge in [0.15, 0.2) is 0 Å². The molecule has 4 aliphatic carbocycles. The SMILES string of the molecule is CC(C)[C@H](CCO)CC[C@@H](C)[C@H]1CC[C@H]2[C@@H]3C(=C=O)CC4CCCC[C@]4(C)[C@H]3CC[C@]12C. The van der Waals surface area contributed by atoms with Gasteiger partial charge in [-0.3, -0.25) is 0 Å². The molecule has 0 saturated heterocycles. The van der Waals surface area contributed by atoms with Gasteiger partial charge in [0.05, 0.1) is 0 Å². The molecule has 4 rings (SSSR count). The molecule has 182 valence electrons. The number of carbonyl (C=O) groups excluding carboxylic acids is 1. The molecule has 0 spiro atoms. The van der Waals surface area contributed by atoms with E-state index in [0.717, 1.165) is 36.5 Å². The van der Waals surface area contributed by atoms with E-state index in [0.29, 0.717) is 41.1 Å². The number of fused-ring (bicyclic) bond motifs is 5. The smallest absolute Gasteiger partial charge is 0.123 e. The van der Waals surface area contributed by atoms with Crippen molar-refractivity contribution in [2.24, 2.45) is 58.2 Å². The highest BCUT2D eigenvalue weighted by molar-refractivity contribution is 5.55. The normalized spacial score (nSPS) is 43.2. The molecule has 2 nitrogen and oxygen atoms in total. The molecule has 4 aliphatic rings. The Hall–Kier alpha value is -0.590. The van der Waals surface area contributed by atoms with Gasteiger partial charge >= 0.3 is 0 Å². The first kappa shape index (κ1) is 24.5. The number of hydrogen-bond donors (Lipinski definition) is 1. The highest BCUT2D eigenvalue weighted by Crippen LogP contribution is 2.69. The quantitative estimate of drug-likeness (QED) is 0.415. The molecule has 0 amide bonds. The van der Waals surface area contributed by atoms with Crippen molar-refractivity contribution in [3.05, 3.63) is 5.57 Å². The van der Waals surface area contributed by atoms with Gasteiger partial charge in [-0.2, -0.15) is 0 Å². The summed E-state index contributed by atoms with van der Waals surface area (Å²) in [5.74, 6) is 8.04. The predicted molar refractivity (Wildman–Crippen MR) is 133 cm³/mol. The molecule has 32 heavy (non-hydrogen) atoms. The molecule has 4 fully saturated rings. The maximum atomic E-state index is 12.2. The Kier molecular flexibility index (Phi) is 7.34. The molecule has 0 aromatic carbocycles. The van der Waals surface area contributed by atoms with E-state index in [-0.39, 0.29) is 0 Å². The first-order valence-electron chi connectivity index (χ1n) is 14.1. The van der Waals surface area contributed by atoms with Crippen molar-refractivity contribution in [3.8, 4) is 0 Å². The largest absolute Gasteiger partial charge is 0.396 e. The Labute approximate surface area is 198 Å². The van der Waals surface area contributed by atoms with Crippen LogP contribution in [0.1, 0.15) is 112 Å². The van der Waals surface area contributed by atoms with Gasteiger partial charge in [0.25, 0.3) is 0 Å². The molecule has 0 radical (unpaired) electrons. The van der Waals surface area contributed by atoms with Crippen LogP contribution >= 0.6 is 0 Å². The van der Waals surface area contributed by atoms with E-state index >= 15 is 0 Å². The van der Waals surface area contributed by atoms with Crippen molar-refractivity contribution < 1.29 is 9.90 Å². The maximum absolute atomic E-state index is 12.2. The number of rotatable bonds is 7. The van der Waals surface area contributed by atoms with Gasteiger partial charge in [-0.15, -0.1) is 0 Å². The molecule has 0 aliphatic heterocycles. The molecule has 1 unspecified atom stereocenters. The molecule has 2 heteroatoms. The summed E-state index contributed by atoms with van der Waals surface area (Å²) in [5, 5.41) is 9.49. The van der Waals surface area contributed by atoms with Crippen molar-refractivity contribution in [3.63, 3.8) is 0 Å². The van der Waals surface area contributed by atoms with Gasteiger partial charge in [-0.25, -0.2) is 4.79 Å². The Morgan fingerprint density at radius 3 is 2.38 bits per heavy atom. The summed E-state index contributed by atoms with van der Waals surface area (Å²) in [6, 6.07) is 0. The fraction of sp³-hybridized carbons (Fsp3) is 0.933. The van der Waals surface area contributed by atoms with Crippen LogP contribution in [0.15, 0.2) is 5.57 Å². The summed E-state index contributed by atoms with van der Waals surface area (Å²) in [6.07, 6.45) is 15.4.